The number of unbranched alkanes of at least 4 members (excludes halogenated alkanes) is 3. The molecule has 5 heteroatoms. The molecule has 156 valence electrons. The van der Waals surface area contributed by atoms with Crippen LogP contribution in [0.25, 0.3) is 0 Å². The van der Waals surface area contributed by atoms with Gasteiger partial charge in [0.1, 0.15) is 11.5 Å². The second-order valence-electron chi connectivity index (χ2n) is 8.36. The van der Waals surface area contributed by atoms with Crippen molar-refractivity contribution < 1.29 is 9.47 Å². The van der Waals surface area contributed by atoms with Crippen molar-refractivity contribution in [1.82, 2.24) is 9.80 Å². The maximum Gasteiger partial charge on any atom is 0.103 e. The molecule has 1 heterocycles. The van der Waals surface area contributed by atoms with Crippen molar-refractivity contribution >= 4 is 22.6 Å². The van der Waals surface area contributed by atoms with Crippen LogP contribution in [0.5, 0.6) is 0 Å². The van der Waals surface area contributed by atoms with Crippen molar-refractivity contribution in [1.29, 1.82) is 0 Å². The average Bonchev–Trinajstić information content (AvgIpc) is 3.03. The largest absolute Gasteiger partial charge is 0.501 e. The predicted octanol–water partition coefficient (Wildman–Crippen LogP) is 4.71. The summed E-state index contributed by atoms with van der Waals surface area (Å²) in [6.45, 7) is 4.58. The first-order valence-electron chi connectivity index (χ1n) is 10.5. The molecule has 1 fully saturated rings. The normalized spacial score (nSPS) is 25.8. The van der Waals surface area contributed by atoms with Gasteiger partial charge in [0, 0.05) is 12.0 Å². The Bertz CT molecular complexity index is 483. The third-order valence-corrected chi connectivity index (χ3v) is 6.65. The topological polar surface area (TPSA) is 24.9 Å². The van der Waals surface area contributed by atoms with Gasteiger partial charge in [-0.3, -0.25) is 0 Å². The van der Waals surface area contributed by atoms with E-state index in [1.807, 2.05) is 14.2 Å². The number of likely N-dealkylation sites (tertiary alicyclic amines) is 1. The second kappa shape index (κ2) is 11.7. The summed E-state index contributed by atoms with van der Waals surface area (Å²) in [5, 5.41) is 0. The Morgan fingerprint density at radius 2 is 1.74 bits per heavy atom. The summed E-state index contributed by atoms with van der Waals surface area (Å²) >= 11 is 2.47. The number of hydrogen-bond acceptors (Lipinski definition) is 4. The molecular weight excluding hydrogens is 451 g/mol. The highest BCUT2D eigenvalue weighted by atomic mass is 127. The number of ether oxygens (including phenoxy) is 2. The zero-order valence-electron chi connectivity index (χ0n) is 17.8. The minimum absolute atomic E-state index is 0.0898. The molecule has 0 aromatic rings. The molecule has 0 amide bonds. The number of nitrogens with zero attached hydrogens (tertiary/aromatic N) is 2. The van der Waals surface area contributed by atoms with Crippen molar-refractivity contribution in [3.63, 3.8) is 0 Å². The molecule has 27 heavy (non-hydrogen) atoms. The van der Waals surface area contributed by atoms with Gasteiger partial charge in [0.25, 0.3) is 0 Å². The van der Waals surface area contributed by atoms with E-state index < -0.39 is 0 Å². The van der Waals surface area contributed by atoms with Crippen LogP contribution in [0.3, 0.4) is 0 Å². The van der Waals surface area contributed by atoms with Crippen LogP contribution in [0, 0.1) is 11.3 Å². The first kappa shape index (κ1) is 23.0. The lowest BCUT2D eigenvalue weighted by molar-refractivity contribution is 0.169. The summed E-state index contributed by atoms with van der Waals surface area (Å²) < 4.78 is 13.0. The number of rotatable bonds is 12. The van der Waals surface area contributed by atoms with E-state index in [1.54, 1.807) is 0 Å². The van der Waals surface area contributed by atoms with Crippen LogP contribution in [-0.4, -0.2) is 68.7 Å². The zero-order chi connectivity index (χ0) is 19.7. The molecular formula is C22H39IN2O2. The van der Waals surface area contributed by atoms with Crippen LogP contribution < -0.4 is 0 Å². The van der Waals surface area contributed by atoms with Gasteiger partial charge in [0.15, 0.2) is 0 Å². The fourth-order valence-electron chi connectivity index (χ4n) is 4.41. The number of methoxy groups -OCH3 is 2. The van der Waals surface area contributed by atoms with E-state index in [4.69, 9.17) is 9.47 Å². The first-order chi connectivity index (χ1) is 13.0. The smallest absolute Gasteiger partial charge is 0.103 e. The summed E-state index contributed by atoms with van der Waals surface area (Å²) in [6, 6.07) is 0. The van der Waals surface area contributed by atoms with Crippen LogP contribution >= 0.6 is 22.6 Å². The SMILES string of the molecule is COC1=CC2(C=C(OC)C1CCCCCCI)CCN(CCCN(C)C)C2. The quantitative estimate of drug-likeness (QED) is 0.225. The molecule has 2 rings (SSSR count). The number of hydrogen-bond donors (Lipinski definition) is 0. The summed E-state index contributed by atoms with van der Waals surface area (Å²) in [5.74, 6) is 2.55. The first-order valence-corrected chi connectivity index (χ1v) is 12.0. The maximum atomic E-state index is 5.86. The van der Waals surface area contributed by atoms with Crippen LogP contribution in [0.2, 0.25) is 0 Å². The van der Waals surface area contributed by atoms with Crippen LogP contribution in [-0.2, 0) is 9.47 Å². The van der Waals surface area contributed by atoms with Crippen molar-refractivity contribution in [2.75, 3.05) is 58.9 Å². The Morgan fingerprint density at radius 3 is 2.33 bits per heavy atom. The standard InChI is InChI=1S/C22H39IN2O2/c1-24(2)13-9-14-25-15-11-22(18-25)16-20(26-3)19(21(17-22)27-4)10-7-5-6-8-12-23/h16-17,19H,5-15,18H2,1-4H3. The highest BCUT2D eigenvalue weighted by Crippen LogP contribution is 2.44. The lowest BCUT2D eigenvalue weighted by Crippen LogP contribution is -2.31. The van der Waals surface area contributed by atoms with Gasteiger partial charge in [-0.25, -0.2) is 0 Å². The van der Waals surface area contributed by atoms with E-state index in [2.05, 4.69) is 58.6 Å². The predicted molar refractivity (Wildman–Crippen MR) is 122 cm³/mol. The van der Waals surface area contributed by atoms with Crippen molar-refractivity contribution in [2.45, 2.75) is 44.9 Å². The van der Waals surface area contributed by atoms with E-state index >= 15 is 0 Å². The fourth-order valence-corrected chi connectivity index (χ4v) is 4.95. The van der Waals surface area contributed by atoms with E-state index in [1.165, 1.54) is 43.1 Å². The van der Waals surface area contributed by atoms with Crippen LogP contribution in [0.4, 0.5) is 0 Å². The molecule has 0 radical (unpaired) electrons. The van der Waals surface area contributed by atoms with Gasteiger partial charge in [0.2, 0.25) is 0 Å². The van der Waals surface area contributed by atoms with E-state index in [0.29, 0.717) is 5.92 Å². The molecule has 0 atom stereocenters. The van der Waals surface area contributed by atoms with E-state index in [-0.39, 0.29) is 5.41 Å². The molecule has 0 unspecified atom stereocenters. The van der Waals surface area contributed by atoms with Crippen LogP contribution in [0.1, 0.15) is 44.9 Å². The molecule has 0 N–H and O–H groups in total. The summed E-state index contributed by atoms with van der Waals surface area (Å²) in [4.78, 5) is 4.87. The molecule has 0 aromatic heterocycles. The van der Waals surface area contributed by atoms with Gasteiger partial charge in [-0.05, 0) is 76.0 Å². The minimum Gasteiger partial charge on any atom is -0.501 e. The maximum absolute atomic E-state index is 5.86. The van der Waals surface area contributed by atoms with Gasteiger partial charge < -0.3 is 19.3 Å². The lowest BCUT2D eigenvalue weighted by Gasteiger charge is -2.33. The van der Waals surface area contributed by atoms with Gasteiger partial charge in [-0.1, -0.05) is 41.9 Å². The van der Waals surface area contributed by atoms with Crippen molar-refractivity contribution in [3.05, 3.63) is 23.7 Å². The molecule has 1 aliphatic heterocycles. The third kappa shape index (κ3) is 6.93. The van der Waals surface area contributed by atoms with Gasteiger partial charge in [-0.15, -0.1) is 0 Å². The highest BCUT2D eigenvalue weighted by molar-refractivity contribution is 14.1. The number of alkyl halides is 1. The Morgan fingerprint density at radius 1 is 1.07 bits per heavy atom. The zero-order valence-corrected chi connectivity index (χ0v) is 20.0. The summed E-state index contributed by atoms with van der Waals surface area (Å²) in [7, 11) is 7.95. The molecule has 1 saturated heterocycles. The van der Waals surface area contributed by atoms with Gasteiger partial charge >= 0.3 is 0 Å². The van der Waals surface area contributed by atoms with Crippen molar-refractivity contribution in [2.24, 2.45) is 11.3 Å². The highest BCUT2D eigenvalue weighted by Gasteiger charge is 2.40. The lowest BCUT2D eigenvalue weighted by atomic mass is 9.77. The minimum atomic E-state index is 0.0898. The van der Waals surface area contributed by atoms with E-state index in [9.17, 15) is 0 Å². The average molecular weight is 490 g/mol. The molecule has 0 aromatic carbocycles. The second-order valence-corrected chi connectivity index (χ2v) is 9.44. The van der Waals surface area contributed by atoms with Gasteiger partial charge in [-0.2, -0.15) is 0 Å². The monoisotopic (exact) mass is 490 g/mol. The molecule has 1 spiro atoms. The molecule has 0 saturated carbocycles. The molecule has 2 aliphatic rings. The Kier molecular flexibility index (Phi) is 9.94. The molecule has 1 aliphatic carbocycles. The summed E-state index contributed by atoms with van der Waals surface area (Å²) in [6.07, 6.45) is 13.6. The summed E-state index contributed by atoms with van der Waals surface area (Å²) in [5.41, 5.74) is 0.0898. The fraction of sp³-hybridized carbons (Fsp3) is 0.818. The van der Waals surface area contributed by atoms with E-state index in [0.717, 1.165) is 44.0 Å². The van der Waals surface area contributed by atoms with Gasteiger partial charge in [0.05, 0.1) is 20.1 Å². The Balaban J connectivity index is 1.97. The van der Waals surface area contributed by atoms with Crippen molar-refractivity contribution in [3.8, 4) is 0 Å². The molecule has 0 bridgehead atoms. The Labute approximate surface area is 180 Å². The Hall–Kier alpha value is -0.270. The third-order valence-electron chi connectivity index (χ3n) is 5.89. The molecule has 4 nitrogen and oxygen atoms in total. The number of halogens is 1. The van der Waals surface area contributed by atoms with Crippen LogP contribution in [0.15, 0.2) is 23.7 Å².